The number of rotatable bonds is 10. The van der Waals surface area contributed by atoms with Crippen molar-refractivity contribution in [3.8, 4) is 11.1 Å². The van der Waals surface area contributed by atoms with Gasteiger partial charge in [0.15, 0.2) is 6.10 Å². The molecule has 202 valence electrons. The Kier molecular flexibility index (Phi) is 8.74. The summed E-state index contributed by atoms with van der Waals surface area (Å²) in [5.74, 6) is -2.14. The molecule has 12 heteroatoms. The Morgan fingerprint density at radius 3 is 2.51 bits per heavy atom. The number of hydrogen-bond donors (Lipinski definition) is 3. The molecule has 0 fully saturated rings. The first kappa shape index (κ1) is 27.6. The molecule has 3 N–H and O–H groups in total. The zero-order chi connectivity index (χ0) is 27.9. The minimum absolute atomic E-state index is 0.178. The van der Waals surface area contributed by atoms with E-state index >= 15 is 0 Å². The predicted molar refractivity (Wildman–Crippen MR) is 140 cm³/mol. The molecule has 0 spiro atoms. The molecule has 0 saturated carbocycles. The largest absolute Gasteiger partial charge is 0.428 e. The third-order valence-electron chi connectivity index (χ3n) is 5.86. The summed E-state index contributed by atoms with van der Waals surface area (Å²) in [6.45, 7) is 0.529. The van der Waals surface area contributed by atoms with Crippen molar-refractivity contribution < 1.29 is 34.2 Å². The fourth-order valence-corrected chi connectivity index (χ4v) is 4.12. The van der Waals surface area contributed by atoms with E-state index < -0.39 is 36.8 Å². The molecular weight excluding hydrogens is 528 g/mol. The van der Waals surface area contributed by atoms with Crippen LogP contribution < -0.4 is 5.32 Å². The topological polar surface area (TPSA) is 153 Å². The highest BCUT2D eigenvalue weighted by molar-refractivity contribution is 6.30. The van der Waals surface area contributed by atoms with Crippen molar-refractivity contribution in [2.75, 3.05) is 6.79 Å². The van der Waals surface area contributed by atoms with Gasteiger partial charge in [0, 0.05) is 30.0 Å². The molecule has 11 nitrogen and oxygen atoms in total. The van der Waals surface area contributed by atoms with E-state index in [1.807, 2.05) is 42.5 Å². The second kappa shape index (κ2) is 12.4. The third-order valence-corrected chi connectivity index (χ3v) is 6.10. The van der Waals surface area contributed by atoms with Crippen LogP contribution in [0.5, 0.6) is 0 Å². The molecule has 0 radical (unpaired) electrons. The lowest BCUT2D eigenvalue weighted by atomic mass is 9.97. The smallest absolute Gasteiger partial charge is 0.337 e. The molecule has 39 heavy (non-hydrogen) atoms. The summed E-state index contributed by atoms with van der Waals surface area (Å²) in [6.07, 6.45) is -1.50. The van der Waals surface area contributed by atoms with Crippen molar-refractivity contribution in [3.63, 3.8) is 0 Å². The van der Waals surface area contributed by atoms with Gasteiger partial charge < -0.3 is 25.1 Å². The molecule has 2 unspecified atom stereocenters. The molecule has 0 aliphatic rings. The first-order valence-corrected chi connectivity index (χ1v) is 12.3. The van der Waals surface area contributed by atoms with Crippen LogP contribution in [0, 0.1) is 0 Å². The van der Waals surface area contributed by atoms with Crippen LogP contribution in [-0.2, 0) is 25.5 Å². The number of amides is 1. The number of aliphatic hydroxyl groups excluding tert-OH is 1. The predicted octanol–water partition coefficient (Wildman–Crippen LogP) is 3.14. The molecule has 2 atom stereocenters. The number of hydrogen-bond acceptors (Lipinski definition) is 9. The number of ether oxygens (including phenoxy) is 2. The minimum atomic E-state index is -1.60. The van der Waals surface area contributed by atoms with Crippen LogP contribution >= 0.6 is 11.6 Å². The number of nitrogens with zero attached hydrogens (tertiary/aromatic N) is 3. The molecule has 4 rings (SSSR count). The Morgan fingerprint density at radius 2 is 1.79 bits per heavy atom. The molecule has 0 aliphatic carbocycles. The zero-order valence-electron chi connectivity index (χ0n) is 20.8. The number of carbonyl (C=O) groups is 3. The second-order valence-corrected chi connectivity index (χ2v) is 9.17. The van der Waals surface area contributed by atoms with Gasteiger partial charge in [-0.3, -0.25) is 9.59 Å². The molecule has 4 aromatic rings. The van der Waals surface area contributed by atoms with Crippen molar-refractivity contribution >= 4 is 40.5 Å². The van der Waals surface area contributed by atoms with E-state index in [9.17, 15) is 24.7 Å². The van der Waals surface area contributed by atoms with Gasteiger partial charge in [0.05, 0.1) is 0 Å². The van der Waals surface area contributed by atoms with Crippen molar-refractivity contribution in [1.82, 2.24) is 20.5 Å². The fraction of sp³-hybridized carbons (Fsp3) is 0.222. The average Bonchev–Trinajstić information content (AvgIpc) is 3.28. The van der Waals surface area contributed by atoms with E-state index in [1.165, 1.54) is 18.2 Å². The van der Waals surface area contributed by atoms with Crippen molar-refractivity contribution in [2.45, 2.75) is 31.9 Å². The Labute approximate surface area is 227 Å². The summed E-state index contributed by atoms with van der Waals surface area (Å²) in [7, 11) is 0. The van der Waals surface area contributed by atoms with E-state index in [-0.39, 0.29) is 23.9 Å². The maximum atomic E-state index is 13.1. The average molecular weight is 553 g/mol. The standard InChI is InChI=1S/C27H25ClN4O7/c1-16(33)38-15-39-27(36)25(34)14-22(29-26(35)20-9-10-23-24(13-20)32(37)31-30-23)11-17-5-7-18(8-6-17)19-3-2-4-21(28)12-19/h2-10,12-13,22,25,34,37H,11,14-15H2,1H3,(H,29,35). The van der Waals surface area contributed by atoms with Crippen LogP contribution in [0.1, 0.15) is 29.3 Å². The number of halogens is 1. The zero-order valence-corrected chi connectivity index (χ0v) is 21.5. The lowest BCUT2D eigenvalue weighted by Crippen LogP contribution is -2.41. The minimum Gasteiger partial charge on any atom is -0.428 e. The first-order valence-electron chi connectivity index (χ1n) is 11.9. The fourth-order valence-electron chi connectivity index (χ4n) is 3.93. The number of nitrogens with one attached hydrogen (secondary N) is 1. The Morgan fingerprint density at radius 1 is 1.03 bits per heavy atom. The Bertz CT molecular complexity index is 1490. The number of fused-ring (bicyclic) bond motifs is 1. The van der Waals surface area contributed by atoms with Crippen LogP contribution in [0.3, 0.4) is 0 Å². The number of aliphatic hydroxyl groups is 1. The van der Waals surface area contributed by atoms with Crippen LogP contribution in [0.25, 0.3) is 22.2 Å². The van der Waals surface area contributed by atoms with Gasteiger partial charge in [-0.25, -0.2) is 4.79 Å². The SMILES string of the molecule is CC(=O)OCOC(=O)C(O)CC(Cc1ccc(-c2cccc(Cl)c2)cc1)NC(=O)c1ccc2nnn(O)c2c1. The molecule has 1 aromatic heterocycles. The molecule has 0 bridgehead atoms. The summed E-state index contributed by atoms with van der Waals surface area (Å²) < 4.78 is 9.36. The van der Waals surface area contributed by atoms with Crippen LogP contribution in [0.15, 0.2) is 66.7 Å². The lowest BCUT2D eigenvalue weighted by Gasteiger charge is -2.21. The van der Waals surface area contributed by atoms with E-state index in [4.69, 9.17) is 16.3 Å². The summed E-state index contributed by atoms with van der Waals surface area (Å²) in [5.41, 5.74) is 3.57. The van der Waals surface area contributed by atoms with Crippen LogP contribution in [0.2, 0.25) is 5.02 Å². The highest BCUT2D eigenvalue weighted by Gasteiger charge is 2.25. The van der Waals surface area contributed by atoms with E-state index in [0.717, 1.165) is 23.6 Å². The quantitative estimate of drug-likeness (QED) is 0.153. The van der Waals surface area contributed by atoms with Crippen molar-refractivity contribution in [2.24, 2.45) is 0 Å². The highest BCUT2D eigenvalue weighted by atomic mass is 35.5. The van der Waals surface area contributed by atoms with Crippen LogP contribution in [-0.4, -0.2) is 62.3 Å². The first-order chi connectivity index (χ1) is 18.7. The van der Waals surface area contributed by atoms with E-state index in [0.29, 0.717) is 15.4 Å². The van der Waals surface area contributed by atoms with Gasteiger partial charge >= 0.3 is 11.9 Å². The lowest BCUT2D eigenvalue weighted by molar-refractivity contribution is -0.172. The van der Waals surface area contributed by atoms with Crippen molar-refractivity contribution in [1.29, 1.82) is 0 Å². The van der Waals surface area contributed by atoms with Gasteiger partial charge in [-0.15, -0.1) is 5.10 Å². The normalized spacial score (nSPS) is 12.5. The molecule has 0 saturated heterocycles. The highest BCUT2D eigenvalue weighted by Crippen LogP contribution is 2.24. The van der Waals surface area contributed by atoms with Gasteiger partial charge in [-0.05, 0) is 58.7 Å². The molecular formula is C27H25ClN4O7. The maximum absolute atomic E-state index is 13.1. The van der Waals surface area contributed by atoms with Gasteiger partial charge in [-0.2, -0.15) is 0 Å². The van der Waals surface area contributed by atoms with Gasteiger partial charge in [0.25, 0.3) is 5.91 Å². The molecule has 0 aliphatic heterocycles. The van der Waals surface area contributed by atoms with Crippen LogP contribution in [0.4, 0.5) is 0 Å². The van der Waals surface area contributed by atoms with Gasteiger partial charge in [-0.1, -0.05) is 52.8 Å². The molecule has 1 amide bonds. The number of aromatic nitrogens is 3. The summed E-state index contributed by atoms with van der Waals surface area (Å²) in [4.78, 5) is 36.8. The number of carbonyl (C=O) groups excluding carboxylic acids is 3. The second-order valence-electron chi connectivity index (χ2n) is 8.73. The number of esters is 2. The molecule has 3 aromatic carbocycles. The third kappa shape index (κ3) is 7.30. The Balaban J connectivity index is 1.50. The maximum Gasteiger partial charge on any atom is 0.337 e. The molecule has 1 heterocycles. The summed E-state index contributed by atoms with van der Waals surface area (Å²) in [5, 5.41) is 31.0. The van der Waals surface area contributed by atoms with Gasteiger partial charge in [0.1, 0.15) is 11.0 Å². The monoisotopic (exact) mass is 552 g/mol. The summed E-state index contributed by atoms with van der Waals surface area (Å²) in [6, 6.07) is 18.8. The van der Waals surface area contributed by atoms with Crippen molar-refractivity contribution in [3.05, 3.63) is 82.9 Å². The van der Waals surface area contributed by atoms with E-state index in [2.05, 4.69) is 20.4 Å². The van der Waals surface area contributed by atoms with Gasteiger partial charge in [0.2, 0.25) is 6.79 Å². The number of benzene rings is 3. The van der Waals surface area contributed by atoms with E-state index in [1.54, 1.807) is 6.07 Å². The Hall–Kier alpha value is -4.48. The summed E-state index contributed by atoms with van der Waals surface area (Å²) >= 11 is 6.10.